The normalized spacial score (nSPS) is 15.1. The molecule has 0 amide bonds. The van der Waals surface area contributed by atoms with Gasteiger partial charge < -0.3 is 14.6 Å². The summed E-state index contributed by atoms with van der Waals surface area (Å²) in [5.74, 6) is -1.46. The molecule has 5 nitrogen and oxygen atoms in total. The summed E-state index contributed by atoms with van der Waals surface area (Å²) >= 11 is 0. The molecule has 0 bridgehead atoms. The molecule has 0 spiro atoms. The molecule has 1 atom stereocenters. The van der Waals surface area contributed by atoms with Gasteiger partial charge in [0.2, 0.25) is 5.60 Å². The Hall–Kier alpha value is -1.10. The van der Waals surface area contributed by atoms with Gasteiger partial charge in [-0.1, -0.05) is 13.3 Å². The maximum Gasteiger partial charge on any atom is 0.350 e. The van der Waals surface area contributed by atoms with E-state index >= 15 is 0 Å². The van der Waals surface area contributed by atoms with Gasteiger partial charge in [0.15, 0.2) is 5.60 Å². The molecule has 0 fully saturated rings. The van der Waals surface area contributed by atoms with Gasteiger partial charge in [-0.25, -0.2) is 9.59 Å². The molecule has 16 heavy (non-hydrogen) atoms. The molecule has 0 aliphatic heterocycles. The van der Waals surface area contributed by atoms with Crippen LogP contribution in [0.4, 0.5) is 0 Å². The lowest BCUT2D eigenvalue weighted by Gasteiger charge is -2.29. The summed E-state index contributed by atoms with van der Waals surface area (Å²) in [6, 6.07) is 0. The fourth-order valence-electron chi connectivity index (χ4n) is 1.22. The molecule has 0 aliphatic rings. The van der Waals surface area contributed by atoms with Crippen molar-refractivity contribution < 1.29 is 24.2 Å². The molecule has 0 saturated carbocycles. The van der Waals surface area contributed by atoms with Crippen LogP contribution in [0.1, 0.15) is 40.5 Å². The van der Waals surface area contributed by atoms with Crippen molar-refractivity contribution in [3.63, 3.8) is 0 Å². The number of esters is 2. The Labute approximate surface area is 95.7 Å². The standard InChI is InChI=1S/C11H20O5/c1-6-7-11(4,9(13)15-5)16-8(12)10(2,3)14/h14H,6-7H2,1-5H3. The Kier molecular flexibility index (Phi) is 4.93. The zero-order chi connectivity index (χ0) is 13.0. The fourth-order valence-corrected chi connectivity index (χ4v) is 1.22. The van der Waals surface area contributed by atoms with E-state index in [4.69, 9.17) is 4.74 Å². The molecule has 1 unspecified atom stereocenters. The highest BCUT2D eigenvalue weighted by atomic mass is 16.6. The first-order valence-electron chi connectivity index (χ1n) is 5.21. The maximum absolute atomic E-state index is 11.5. The molecule has 0 radical (unpaired) electrons. The van der Waals surface area contributed by atoms with Crippen LogP contribution < -0.4 is 0 Å². The van der Waals surface area contributed by atoms with Crippen molar-refractivity contribution in [2.75, 3.05) is 7.11 Å². The zero-order valence-electron chi connectivity index (χ0n) is 10.5. The first kappa shape index (κ1) is 14.9. The summed E-state index contributed by atoms with van der Waals surface area (Å²) in [5.41, 5.74) is -2.95. The Balaban J connectivity index is 4.82. The predicted octanol–water partition coefficient (Wildman–Crippen LogP) is 1.03. The lowest BCUT2D eigenvalue weighted by Crippen LogP contribution is -2.46. The van der Waals surface area contributed by atoms with Gasteiger partial charge in [0, 0.05) is 0 Å². The van der Waals surface area contributed by atoms with Crippen molar-refractivity contribution in [2.24, 2.45) is 0 Å². The Morgan fingerprint density at radius 2 is 1.69 bits per heavy atom. The molecule has 0 heterocycles. The van der Waals surface area contributed by atoms with Crippen LogP contribution in [0.25, 0.3) is 0 Å². The molecule has 0 aliphatic carbocycles. The second-order valence-electron chi connectivity index (χ2n) is 4.42. The van der Waals surface area contributed by atoms with Crippen LogP contribution in [0.3, 0.4) is 0 Å². The average molecular weight is 232 g/mol. The van der Waals surface area contributed by atoms with Crippen LogP contribution >= 0.6 is 0 Å². The smallest absolute Gasteiger partial charge is 0.350 e. The van der Waals surface area contributed by atoms with Gasteiger partial charge in [-0.15, -0.1) is 0 Å². The number of hydrogen-bond donors (Lipinski definition) is 1. The van der Waals surface area contributed by atoms with Crippen molar-refractivity contribution in [3.05, 3.63) is 0 Å². The van der Waals surface area contributed by atoms with Crippen LogP contribution in [-0.2, 0) is 19.1 Å². The number of carbonyl (C=O) groups excluding carboxylic acids is 2. The van der Waals surface area contributed by atoms with Gasteiger partial charge in [-0.2, -0.15) is 0 Å². The summed E-state index contributed by atoms with van der Waals surface area (Å²) in [6.07, 6.45) is 1.01. The van der Waals surface area contributed by atoms with Crippen molar-refractivity contribution in [1.29, 1.82) is 0 Å². The SMILES string of the molecule is CCCC(C)(OC(=O)C(C)(C)O)C(=O)OC. The highest BCUT2D eigenvalue weighted by molar-refractivity contribution is 5.85. The first-order chi connectivity index (χ1) is 7.17. The number of aliphatic hydroxyl groups is 1. The highest BCUT2D eigenvalue weighted by Gasteiger charge is 2.41. The van der Waals surface area contributed by atoms with Crippen molar-refractivity contribution in [3.8, 4) is 0 Å². The molecule has 0 aromatic heterocycles. The number of hydrogen-bond acceptors (Lipinski definition) is 5. The van der Waals surface area contributed by atoms with Gasteiger partial charge in [-0.3, -0.25) is 0 Å². The summed E-state index contributed by atoms with van der Waals surface area (Å²) < 4.78 is 9.62. The molecule has 94 valence electrons. The minimum atomic E-state index is -1.62. The lowest BCUT2D eigenvalue weighted by atomic mass is 10.00. The highest BCUT2D eigenvalue weighted by Crippen LogP contribution is 2.22. The maximum atomic E-state index is 11.5. The summed E-state index contributed by atoms with van der Waals surface area (Å²) in [7, 11) is 1.23. The largest absolute Gasteiger partial charge is 0.466 e. The van der Waals surface area contributed by atoms with E-state index in [1.165, 1.54) is 27.9 Å². The Morgan fingerprint density at radius 3 is 2.00 bits per heavy atom. The number of carbonyl (C=O) groups is 2. The second-order valence-corrected chi connectivity index (χ2v) is 4.42. The van der Waals surface area contributed by atoms with Crippen molar-refractivity contribution in [2.45, 2.75) is 51.7 Å². The molecule has 0 saturated heterocycles. The average Bonchev–Trinajstić information content (AvgIpc) is 2.15. The molecule has 0 aromatic rings. The van der Waals surface area contributed by atoms with Crippen LogP contribution in [0.15, 0.2) is 0 Å². The second kappa shape index (κ2) is 5.30. The van der Waals surface area contributed by atoms with Crippen LogP contribution in [0, 0.1) is 0 Å². The first-order valence-corrected chi connectivity index (χ1v) is 5.21. The molecule has 0 rings (SSSR count). The lowest BCUT2D eigenvalue weighted by molar-refractivity contribution is -0.190. The molecular weight excluding hydrogens is 212 g/mol. The van der Waals surface area contributed by atoms with E-state index in [9.17, 15) is 14.7 Å². The van der Waals surface area contributed by atoms with E-state index in [0.29, 0.717) is 12.8 Å². The van der Waals surface area contributed by atoms with E-state index in [1.54, 1.807) is 0 Å². The Bertz CT molecular complexity index is 266. The fraction of sp³-hybridized carbons (Fsp3) is 0.818. The molecule has 5 heteroatoms. The third kappa shape index (κ3) is 3.81. The van der Waals surface area contributed by atoms with E-state index < -0.39 is 23.1 Å². The third-order valence-electron chi connectivity index (χ3n) is 2.16. The topological polar surface area (TPSA) is 72.8 Å². The van der Waals surface area contributed by atoms with E-state index in [1.807, 2.05) is 6.92 Å². The minimum Gasteiger partial charge on any atom is -0.466 e. The van der Waals surface area contributed by atoms with Gasteiger partial charge >= 0.3 is 11.9 Å². The van der Waals surface area contributed by atoms with E-state index in [2.05, 4.69) is 4.74 Å². The van der Waals surface area contributed by atoms with Crippen LogP contribution in [0.2, 0.25) is 0 Å². The number of rotatable bonds is 5. The van der Waals surface area contributed by atoms with Crippen molar-refractivity contribution >= 4 is 11.9 Å². The third-order valence-corrected chi connectivity index (χ3v) is 2.16. The molecular formula is C11H20O5. The molecule has 1 N–H and O–H groups in total. The number of ether oxygens (including phenoxy) is 2. The van der Waals surface area contributed by atoms with Gasteiger partial charge in [0.25, 0.3) is 0 Å². The van der Waals surface area contributed by atoms with Crippen LogP contribution in [0.5, 0.6) is 0 Å². The minimum absolute atomic E-state index is 0.349. The predicted molar refractivity (Wildman–Crippen MR) is 57.7 cm³/mol. The van der Waals surface area contributed by atoms with Crippen LogP contribution in [-0.4, -0.2) is 35.4 Å². The number of methoxy groups -OCH3 is 1. The molecule has 0 aromatic carbocycles. The quantitative estimate of drug-likeness (QED) is 0.717. The Morgan fingerprint density at radius 1 is 1.19 bits per heavy atom. The monoisotopic (exact) mass is 232 g/mol. The van der Waals surface area contributed by atoms with E-state index in [0.717, 1.165) is 0 Å². The summed E-state index contributed by atoms with van der Waals surface area (Å²) in [6.45, 7) is 5.95. The summed E-state index contributed by atoms with van der Waals surface area (Å²) in [5, 5.41) is 9.45. The zero-order valence-corrected chi connectivity index (χ0v) is 10.5. The van der Waals surface area contributed by atoms with Gasteiger partial charge in [0.05, 0.1) is 7.11 Å². The van der Waals surface area contributed by atoms with Gasteiger partial charge in [0.1, 0.15) is 0 Å². The van der Waals surface area contributed by atoms with E-state index in [-0.39, 0.29) is 0 Å². The van der Waals surface area contributed by atoms with Gasteiger partial charge in [-0.05, 0) is 27.2 Å². The van der Waals surface area contributed by atoms with Crippen molar-refractivity contribution in [1.82, 2.24) is 0 Å². The summed E-state index contributed by atoms with van der Waals surface area (Å²) in [4.78, 5) is 23.0.